The molecule has 1 aromatic rings. The maximum absolute atomic E-state index is 12.9. The zero-order valence-electron chi connectivity index (χ0n) is 15.2. The van der Waals surface area contributed by atoms with Crippen LogP contribution < -0.4 is 9.47 Å². The second kappa shape index (κ2) is 6.43. The molecule has 4 saturated heterocycles. The molecule has 5 aliphatic heterocycles. The van der Waals surface area contributed by atoms with Gasteiger partial charge in [-0.3, -0.25) is 9.69 Å². The number of likely N-dealkylation sites (tertiary alicyclic amines) is 1. The van der Waals surface area contributed by atoms with Gasteiger partial charge in [0.1, 0.15) is 0 Å². The molecule has 0 radical (unpaired) electrons. The van der Waals surface area contributed by atoms with Crippen LogP contribution >= 0.6 is 0 Å². The number of nitrogens with zero attached hydrogens (tertiary/aromatic N) is 2. The molecule has 2 bridgehead atoms. The van der Waals surface area contributed by atoms with Gasteiger partial charge in [0.15, 0.2) is 11.5 Å². The summed E-state index contributed by atoms with van der Waals surface area (Å²) in [6.45, 7) is 3.91. The number of ether oxygens (including phenoxy) is 3. The number of benzene rings is 1. The molecule has 6 rings (SSSR count). The van der Waals surface area contributed by atoms with Crippen LogP contribution in [0, 0.1) is 5.92 Å². The first-order chi connectivity index (χ1) is 12.8. The third-order valence-electron chi connectivity index (χ3n) is 6.66. The van der Waals surface area contributed by atoms with Crippen LogP contribution in [0.5, 0.6) is 11.5 Å². The number of piperidine rings is 3. The Morgan fingerprint density at radius 3 is 2.81 bits per heavy atom. The van der Waals surface area contributed by atoms with E-state index in [1.54, 1.807) is 7.11 Å². The lowest BCUT2D eigenvalue weighted by Gasteiger charge is -2.51. The predicted octanol–water partition coefficient (Wildman–Crippen LogP) is 1.84. The molecule has 0 unspecified atom stereocenters. The summed E-state index contributed by atoms with van der Waals surface area (Å²) in [5.74, 6) is 2.86. The van der Waals surface area contributed by atoms with E-state index in [0.29, 0.717) is 43.7 Å². The largest absolute Gasteiger partial charge is 0.454 e. The van der Waals surface area contributed by atoms with E-state index >= 15 is 0 Å². The molecule has 4 fully saturated rings. The Kier molecular flexibility index (Phi) is 4.05. The first-order valence-electron chi connectivity index (χ1n) is 9.68. The van der Waals surface area contributed by atoms with Gasteiger partial charge in [0.2, 0.25) is 12.7 Å². The van der Waals surface area contributed by atoms with Gasteiger partial charge in [0.05, 0.1) is 19.1 Å². The summed E-state index contributed by atoms with van der Waals surface area (Å²) in [6.07, 6.45) is 2.90. The highest BCUT2D eigenvalue weighted by molar-refractivity contribution is 5.77. The van der Waals surface area contributed by atoms with Crippen molar-refractivity contribution in [2.24, 2.45) is 5.92 Å². The van der Waals surface area contributed by atoms with Crippen LogP contribution in [-0.4, -0.2) is 67.9 Å². The molecule has 0 aliphatic carbocycles. The monoisotopic (exact) mass is 358 g/mol. The van der Waals surface area contributed by atoms with Crippen molar-refractivity contribution < 1.29 is 19.0 Å². The van der Waals surface area contributed by atoms with E-state index in [4.69, 9.17) is 14.2 Å². The van der Waals surface area contributed by atoms with E-state index in [1.165, 1.54) is 18.4 Å². The van der Waals surface area contributed by atoms with Crippen LogP contribution in [0.1, 0.15) is 30.7 Å². The topological polar surface area (TPSA) is 51.2 Å². The van der Waals surface area contributed by atoms with E-state index in [1.807, 2.05) is 6.07 Å². The van der Waals surface area contributed by atoms with Gasteiger partial charge in [-0.2, -0.15) is 0 Å². The van der Waals surface area contributed by atoms with Crippen LogP contribution in [0.4, 0.5) is 0 Å². The maximum Gasteiger partial charge on any atom is 0.231 e. The number of carbonyl (C=O) groups is 1. The normalized spacial score (nSPS) is 34.2. The van der Waals surface area contributed by atoms with Crippen LogP contribution in [0.3, 0.4) is 0 Å². The molecule has 26 heavy (non-hydrogen) atoms. The van der Waals surface area contributed by atoms with Gasteiger partial charge < -0.3 is 19.1 Å². The summed E-state index contributed by atoms with van der Waals surface area (Å²) < 4.78 is 16.2. The summed E-state index contributed by atoms with van der Waals surface area (Å²) in [4.78, 5) is 17.7. The first-order valence-corrected chi connectivity index (χ1v) is 9.68. The van der Waals surface area contributed by atoms with Crippen molar-refractivity contribution >= 4 is 5.91 Å². The third-order valence-corrected chi connectivity index (χ3v) is 6.66. The number of rotatable bonds is 4. The van der Waals surface area contributed by atoms with Gasteiger partial charge in [-0.25, -0.2) is 0 Å². The van der Waals surface area contributed by atoms with E-state index < -0.39 is 0 Å². The number of carbonyl (C=O) groups excluding carboxylic acids is 1. The minimum Gasteiger partial charge on any atom is -0.454 e. The zero-order chi connectivity index (χ0) is 17.7. The molecular weight excluding hydrogens is 332 g/mol. The Bertz CT molecular complexity index is 701. The Hall–Kier alpha value is -1.79. The second-order valence-electron chi connectivity index (χ2n) is 7.86. The molecular formula is C20H26N2O4. The molecule has 5 aliphatic rings. The van der Waals surface area contributed by atoms with Crippen LogP contribution in [0.25, 0.3) is 0 Å². The van der Waals surface area contributed by atoms with Crippen molar-refractivity contribution in [3.8, 4) is 11.5 Å². The molecule has 0 N–H and O–H groups in total. The van der Waals surface area contributed by atoms with E-state index in [0.717, 1.165) is 31.1 Å². The minimum atomic E-state index is 0.235. The van der Waals surface area contributed by atoms with Crippen LogP contribution in [0.15, 0.2) is 18.2 Å². The van der Waals surface area contributed by atoms with E-state index in [-0.39, 0.29) is 5.91 Å². The Labute approximate surface area is 154 Å². The van der Waals surface area contributed by atoms with Gasteiger partial charge in [0.25, 0.3) is 0 Å². The van der Waals surface area contributed by atoms with Gasteiger partial charge in [0, 0.05) is 25.6 Å². The minimum absolute atomic E-state index is 0.235. The van der Waals surface area contributed by atoms with Crippen molar-refractivity contribution in [1.82, 2.24) is 9.80 Å². The van der Waals surface area contributed by atoms with Gasteiger partial charge in [-0.15, -0.1) is 0 Å². The maximum atomic E-state index is 12.9. The zero-order valence-corrected chi connectivity index (χ0v) is 15.2. The predicted molar refractivity (Wildman–Crippen MR) is 95.4 cm³/mol. The van der Waals surface area contributed by atoms with E-state index in [9.17, 15) is 4.79 Å². The molecule has 1 aromatic carbocycles. The molecule has 6 nitrogen and oxygen atoms in total. The Balaban J connectivity index is 1.47. The highest BCUT2D eigenvalue weighted by Crippen LogP contribution is 2.48. The molecule has 0 spiro atoms. The van der Waals surface area contributed by atoms with E-state index in [2.05, 4.69) is 21.9 Å². The van der Waals surface area contributed by atoms with Crippen molar-refractivity contribution in [2.45, 2.75) is 37.3 Å². The standard InChI is InChI=1S/C20H26N2O4/c1-24-9-6-18(23)22-11-15(14-2-3-16-17(10-14)26-12-25-16)20-19(22)13-4-7-21(20)8-5-13/h2-3,10,13,15,19-20H,4-9,11-12H2,1H3/t15-,19-,20-/m1/s1. The number of methoxy groups -OCH3 is 1. The van der Waals surface area contributed by atoms with Crippen molar-refractivity contribution in [3.05, 3.63) is 23.8 Å². The summed E-state index contributed by atoms with van der Waals surface area (Å²) >= 11 is 0. The third kappa shape index (κ3) is 2.50. The summed E-state index contributed by atoms with van der Waals surface area (Å²) in [6, 6.07) is 7.06. The molecule has 3 atom stereocenters. The fraction of sp³-hybridized carbons (Fsp3) is 0.650. The molecule has 0 aromatic heterocycles. The summed E-state index contributed by atoms with van der Waals surface area (Å²) in [7, 11) is 1.66. The van der Waals surface area contributed by atoms with Crippen molar-refractivity contribution in [2.75, 3.05) is 40.1 Å². The molecule has 1 amide bonds. The summed E-state index contributed by atoms with van der Waals surface area (Å²) in [5, 5.41) is 0. The number of amides is 1. The lowest BCUT2D eigenvalue weighted by molar-refractivity contribution is -0.136. The molecule has 5 heterocycles. The lowest BCUT2D eigenvalue weighted by Crippen LogP contribution is -2.60. The fourth-order valence-corrected chi connectivity index (χ4v) is 5.47. The smallest absolute Gasteiger partial charge is 0.231 e. The number of hydrogen-bond donors (Lipinski definition) is 0. The SMILES string of the molecule is COCCC(=O)N1C[C@H](c2ccc3c(c2)OCO3)[C@@H]2[C@H]1C1CCN2CC1. The molecule has 0 saturated carbocycles. The average Bonchev–Trinajstić information content (AvgIpc) is 3.32. The highest BCUT2D eigenvalue weighted by Gasteiger charge is 2.54. The quantitative estimate of drug-likeness (QED) is 0.822. The van der Waals surface area contributed by atoms with Crippen molar-refractivity contribution in [3.63, 3.8) is 0 Å². The summed E-state index contributed by atoms with van der Waals surface area (Å²) in [5.41, 5.74) is 1.26. The average molecular weight is 358 g/mol. The van der Waals surface area contributed by atoms with Gasteiger partial charge in [-0.05, 0) is 49.5 Å². The Morgan fingerprint density at radius 2 is 2.00 bits per heavy atom. The first kappa shape index (κ1) is 16.4. The second-order valence-corrected chi connectivity index (χ2v) is 7.86. The number of fused-ring (bicyclic) bond motifs is 3. The Morgan fingerprint density at radius 1 is 1.19 bits per heavy atom. The van der Waals surface area contributed by atoms with Crippen molar-refractivity contribution in [1.29, 1.82) is 0 Å². The lowest BCUT2D eigenvalue weighted by atomic mass is 9.75. The van der Waals surface area contributed by atoms with Gasteiger partial charge >= 0.3 is 0 Å². The van der Waals surface area contributed by atoms with Gasteiger partial charge in [-0.1, -0.05) is 6.07 Å². The van der Waals surface area contributed by atoms with Crippen LogP contribution in [-0.2, 0) is 9.53 Å². The highest BCUT2D eigenvalue weighted by atomic mass is 16.7. The molecule has 140 valence electrons. The van der Waals surface area contributed by atoms with Crippen LogP contribution in [0.2, 0.25) is 0 Å². The molecule has 6 heteroatoms. The number of hydrogen-bond acceptors (Lipinski definition) is 5. The fourth-order valence-electron chi connectivity index (χ4n) is 5.47.